The number of nitrogens with one attached hydrogen (secondary N) is 1. The molecule has 20 heavy (non-hydrogen) atoms. The van der Waals surface area contributed by atoms with Crippen molar-refractivity contribution in [1.29, 1.82) is 0 Å². The van der Waals surface area contributed by atoms with E-state index >= 15 is 0 Å². The van der Waals surface area contributed by atoms with Gasteiger partial charge in [0.25, 0.3) is 0 Å². The first-order valence-corrected chi connectivity index (χ1v) is 8.78. The molecular weight excluding hydrogens is 288 g/mol. The van der Waals surface area contributed by atoms with Crippen molar-refractivity contribution in [2.45, 2.75) is 26.2 Å². The van der Waals surface area contributed by atoms with Crippen LogP contribution in [0.4, 0.5) is 5.13 Å². The van der Waals surface area contributed by atoms with Gasteiger partial charge in [-0.2, -0.15) is 0 Å². The molecule has 0 aliphatic carbocycles. The minimum Gasteiger partial charge on any atom is -0.365 e. The summed E-state index contributed by atoms with van der Waals surface area (Å²) in [5, 5.41) is 7.40. The van der Waals surface area contributed by atoms with E-state index in [0.29, 0.717) is 0 Å². The predicted octanol–water partition coefficient (Wildman–Crippen LogP) is 3.26. The van der Waals surface area contributed by atoms with Gasteiger partial charge in [-0.15, -0.1) is 22.7 Å². The second-order valence-electron chi connectivity index (χ2n) is 5.11. The lowest BCUT2D eigenvalue weighted by atomic mass is 10.3. The molecule has 2 aromatic rings. The molecule has 1 aliphatic heterocycles. The summed E-state index contributed by atoms with van der Waals surface area (Å²) in [5.74, 6) is 0. The fourth-order valence-corrected chi connectivity index (χ4v) is 4.30. The number of thiazole rings is 2. The van der Waals surface area contributed by atoms with Gasteiger partial charge in [0.05, 0.1) is 21.3 Å². The summed E-state index contributed by atoms with van der Waals surface area (Å²) in [7, 11) is 1.91. The monoisotopic (exact) mass is 308 g/mol. The molecule has 0 unspecified atom stereocenters. The van der Waals surface area contributed by atoms with Gasteiger partial charge in [-0.25, -0.2) is 9.97 Å². The van der Waals surface area contributed by atoms with Gasteiger partial charge in [0, 0.05) is 25.4 Å². The van der Waals surface area contributed by atoms with E-state index in [4.69, 9.17) is 4.98 Å². The van der Waals surface area contributed by atoms with Crippen LogP contribution in [-0.2, 0) is 6.42 Å². The smallest absolute Gasteiger partial charge is 0.182 e. The highest BCUT2D eigenvalue weighted by Gasteiger charge is 2.15. The number of nitrogens with zero attached hydrogens (tertiary/aromatic N) is 3. The van der Waals surface area contributed by atoms with E-state index < -0.39 is 0 Å². The Labute approximate surface area is 127 Å². The highest BCUT2D eigenvalue weighted by Crippen LogP contribution is 2.32. The van der Waals surface area contributed by atoms with Crippen LogP contribution in [0.25, 0.3) is 10.6 Å². The molecule has 2 aromatic heterocycles. The van der Waals surface area contributed by atoms with E-state index in [0.717, 1.165) is 29.5 Å². The molecule has 4 nitrogen and oxygen atoms in total. The third-order valence-electron chi connectivity index (χ3n) is 3.63. The number of hydrogen-bond acceptors (Lipinski definition) is 6. The molecule has 3 rings (SSSR count). The molecular formula is C14H20N4S2. The van der Waals surface area contributed by atoms with E-state index in [9.17, 15) is 0 Å². The molecule has 108 valence electrons. The standard InChI is InChI=1S/C14H20N4S2/c1-10-13(11-9-19-14(15-2)17-11)20-12(16-10)5-8-18-6-3-4-7-18/h9H,3-8H2,1-2H3,(H,15,17). The summed E-state index contributed by atoms with van der Waals surface area (Å²) in [6, 6.07) is 0. The van der Waals surface area contributed by atoms with Crippen LogP contribution < -0.4 is 5.32 Å². The van der Waals surface area contributed by atoms with Crippen LogP contribution >= 0.6 is 22.7 Å². The minimum absolute atomic E-state index is 0.964. The number of likely N-dealkylation sites (tertiary alicyclic amines) is 1. The Balaban J connectivity index is 1.69. The summed E-state index contributed by atoms with van der Waals surface area (Å²) in [5.41, 5.74) is 2.17. The lowest BCUT2D eigenvalue weighted by Crippen LogP contribution is -2.21. The molecule has 0 spiro atoms. The summed E-state index contributed by atoms with van der Waals surface area (Å²) < 4.78 is 0. The van der Waals surface area contributed by atoms with Crippen molar-refractivity contribution in [1.82, 2.24) is 14.9 Å². The van der Waals surface area contributed by atoms with E-state index in [1.807, 2.05) is 7.05 Å². The Morgan fingerprint density at radius 2 is 2.10 bits per heavy atom. The van der Waals surface area contributed by atoms with Crippen LogP contribution in [0.1, 0.15) is 23.5 Å². The quantitative estimate of drug-likeness (QED) is 0.920. The fraction of sp³-hybridized carbons (Fsp3) is 0.571. The van der Waals surface area contributed by atoms with Gasteiger partial charge in [0.2, 0.25) is 0 Å². The van der Waals surface area contributed by atoms with Crippen LogP contribution in [0.2, 0.25) is 0 Å². The van der Waals surface area contributed by atoms with Crippen LogP contribution in [0.3, 0.4) is 0 Å². The maximum Gasteiger partial charge on any atom is 0.182 e. The lowest BCUT2D eigenvalue weighted by Gasteiger charge is -2.12. The van der Waals surface area contributed by atoms with Gasteiger partial charge in [-0.3, -0.25) is 0 Å². The summed E-state index contributed by atoms with van der Waals surface area (Å²) in [6.07, 6.45) is 3.77. The molecule has 1 aliphatic rings. The van der Waals surface area contributed by atoms with Crippen LogP contribution in [0, 0.1) is 6.92 Å². The Morgan fingerprint density at radius 1 is 1.30 bits per heavy atom. The van der Waals surface area contributed by atoms with Crippen LogP contribution in [-0.4, -0.2) is 41.5 Å². The second-order valence-corrected chi connectivity index (χ2v) is 7.05. The number of rotatable bonds is 5. The van der Waals surface area contributed by atoms with Gasteiger partial charge in [-0.05, 0) is 32.9 Å². The average Bonchev–Trinajstić information content (AvgIpc) is 3.17. The SMILES string of the molecule is CNc1nc(-c2sc(CCN3CCCC3)nc2C)cs1. The van der Waals surface area contributed by atoms with Crippen LogP contribution in [0.5, 0.6) is 0 Å². The highest BCUT2D eigenvalue weighted by molar-refractivity contribution is 7.16. The molecule has 6 heteroatoms. The van der Waals surface area contributed by atoms with Crippen molar-refractivity contribution in [3.63, 3.8) is 0 Å². The molecule has 0 aromatic carbocycles. The summed E-state index contributed by atoms with van der Waals surface area (Å²) in [4.78, 5) is 13.1. The zero-order valence-electron chi connectivity index (χ0n) is 12.0. The molecule has 0 amide bonds. The third kappa shape index (κ3) is 3.02. The van der Waals surface area contributed by atoms with Gasteiger partial charge in [0.1, 0.15) is 0 Å². The van der Waals surface area contributed by atoms with E-state index in [2.05, 4.69) is 27.5 Å². The fourth-order valence-electron chi connectivity index (χ4n) is 2.55. The van der Waals surface area contributed by atoms with Gasteiger partial charge in [-0.1, -0.05) is 0 Å². The Bertz CT molecular complexity index is 569. The maximum atomic E-state index is 4.72. The van der Waals surface area contributed by atoms with Crippen molar-refractivity contribution < 1.29 is 0 Å². The summed E-state index contributed by atoms with van der Waals surface area (Å²) >= 11 is 3.44. The van der Waals surface area contributed by atoms with Gasteiger partial charge in [0.15, 0.2) is 5.13 Å². The molecule has 0 radical (unpaired) electrons. The van der Waals surface area contributed by atoms with Gasteiger partial charge < -0.3 is 10.2 Å². The molecule has 0 saturated carbocycles. The first kappa shape index (κ1) is 14.0. The Morgan fingerprint density at radius 3 is 2.80 bits per heavy atom. The van der Waals surface area contributed by atoms with E-state index in [1.54, 1.807) is 22.7 Å². The van der Waals surface area contributed by atoms with Crippen LogP contribution in [0.15, 0.2) is 5.38 Å². The molecule has 3 heterocycles. The van der Waals surface area contributed by atoms with E-state index in [-0.39, 0.29) is 0 Å². The van der Waals surface area contributed by atoms with Gasteiger partial charge >= 0.3 is 0 Å². The molecule has 0 bridgehead atoms. The lowest BCUT2D eigenvalue weighted by molar-refractivity contribution is 0.343. The zero-order valence-corrected chi connectivity index (χ0v) is 13.6. The predicted molar refractivity (Wildman–Crippen MR) is 86.9 cm³/mol. The summed E-state index contributed by atoms with van der Waals surface area (Å²) in [6.45, 7) is 5.75. The molecule has 1 saturated heterocycles. The van der Waals surface area contributed by atoms with Crippen molar-refractivity contribution in [2.24, 2.45) is 0 Å². The third-order valence-corrected chi connectivity index (χ3v) is 5.73. The van der Waals surface area contributed by atoms with Crippen molar-refractivity contribution in [3.8, 4) is 10.6 Å². The number of aryl methyl sites for hydroxylation is 1. The minimum atomic E-state index is 0.964. The van der Waals surface area contributed by atoms with Crippen molar-refractivity contribution in [3.05, 3.63) is 16.1 Å². The van der Waals surface area contributed by atoms with Crippen molar-refractivity contribution >= 4 is 27.8 Å². The van der Waals surface area contributed by atoms with Crippen molar-refractivity contribution in [2.75, 3.05) is 32.0 Å². The van der Waals surface area contributed by atoms with E-state index in [1.165, 1.54) is 35.8 Å². The largest absolute Gasteiger partial charge is 0.365 e. The second kappa shape index (κ2) is 6.20. The number of hydrogen-bond donors (Lipinski definition) is 1. The zero-order chi connectivity index (χ0) is 13.9. The first-order chi connectivity index (χ1) is 9.76. The highest BCUT2D eigenvalue weighted by atomic mass is 32.1. The first-order valence-electron chi connectivity index (χ1n) is 7.08. The Hall–Kier alpha value is -0.980. The topological polar surface area (TPSA) is 41.1 Å². The maximum absolute atomic E-state index is 4.72. The number of anilines is 1. The average molecular weight is 308 g/mol. The molecule has 0 atom stereocenters. The molecule has 1 N–H and O–H groups in total. The normalized spacial score (nSPS) is 15.9. The number of aromatic nitrogens is 2. The molecule has 1 fully saturated rings. The Kier molecular flexibility index (Phi) is 4.33.